The van der Waals surface area contributed by atoms with Crippen LogP contribution in [0.5, 0.6) is 0 Å². The van der Waals surface area contributed by atoms with Crippen LogP contribution in [0.3, 0.4) is 0 Å². The van der Waals surface area contributed by atoms with Gasteiger partial charge < -0.3 is 4.74 Å². The summed E-state index contributed by atoms with van der Waals surface area (Å²) in [4.78, 5) is 13.1. The molecule has 2 heteroatoms. The third-order valence-electron chi connectivity index (χ3n) is 7.69. The molecule has 1 aliphatic heterocycles. The zero-order valence-electron chi connectivity index (χ0n) is 23.1. The Bertz CT molecular complexity index is 734. The molecule has 0 bridgehead atoms. The van der Waals surface area contributed by atoms with Crippen molar-refractivity contribution in [1.82, 2.24) is 0 Å². The molecule has 1 rings (SSSR count). The Kier molecular flexibility index (Phi) is 15.6. The average Bonchev–Trinajstić information content (AvgIpc) is 2.83. The largest absolute Gasteiger partial charge is 0.458 e. The molecule has 0 aromatic rings. The lowest BCUT2D eigenvalue weighted by molar-refractivity contribution is -0.146. The molecule has 0 aromatic heterocycles. The van der Waals surface area contributed by atoms with Gasteiger partial charge >= 0.3 is 5.97 Å². The van der Waals surface area contributed by atoms with Crippen LogP contribution in [-0.2, 0) is 9.53 Å². The second kappa shape index (κ2) is 17.6. The minimum absolute atomic E-state index is 0.0969. The van der Waals surface area contributed by atoms with Gasteiger partial charge in [-0.15, -0.1) is 0 Å². The molecule has 2 nitrogen and oxygen atoms in total. The molecule has 3 atom stereocenters. The Morgan fingerprint density at radius 3 is 2.09 bits per heavy atom. The molecule has 1 heterocycles. The SMILES string of the molecule is C=CC=C[C@H](C)[C@@H]1CCCCCCCCCC=CCCC[C@H](C)C(C)=C(C)C(C)=C(C)C(=O)O1. The van der Waals surface area contributed by atoms with Crippen molar-refractivity contribution in [2.75, 3.05) is 0 Å². The second-order valence-electron chi connectivity index (χ2n) is 10.3. The van der Waals surface area contributed by atoms with E-state index in [1.807, 2.05) is 13.0 Å². The number of hydrogen-bond donors (Lipinski definition) is 0. The minimum atomic E-state index is -0.173. The summed E-state index contributed by atoms with van der Waals surface area (Å²) in [5, 5.41) is 0. The van der Waals surface area contributed by atoms with Crippen molar-refractivity contribution in [3.05, 3.63) is 59.3 Å². The van der Waals surface area contributed by atoms with Crippen molar-refractivity contribution >= 4 is 5.97 Å². The molecule has 0 spiro atoms. The van der Waals surface area contributed by atoms with Crippen molar-refractivity contribution < 1.29 is 9.53 Å². The molecule has 0 amide bonds. The summed E-state index contributed by atoms with van der Waals surface area (Å²) < 4.78 is 6.10. The fraction of sp³-hybridized carbons (Fsp3) is 0.656. The fourth-order valence-corrected chi connectivity index (χ4v) is 4.62. The summed E-state index contributed by atoms with van der Waals surface area (Å²) in [6.45, 7) is 16.6. The quantitative estimate of drug-likeness (QED) is 0.234. The van der Waals surface area contributed by atoms with E-state index in [0.717, 1.165) is 30.4 Å². The lowest BCUT2D eigenvalue weighted by Gasteiger charge is -2.23. The standard InChI is InChI=1S/C32H52O2/c1-8-9-22-26(3)31-24-21-19-17-15-13-11-10-12-14-16-18-20-23-25(2)27(4)28(5)29(6)30(7)32(33)34-31/h8-9,14,16,22,25-26,31H,1,10-13,15,17-21,23-24H2,2-7H3/t25-,26-,31-/m0/s1. The maximum Gasteiger partial charge on any atom is 0.334 e. The maximum absolute atomic E-state index is 13.1. The van der Waals surface area contributed by atoms with Gasteiger partial charge in [0.15, 0.2) is 0 Å². The van der Waals surface area contributed by atoms with Gasteiger partial charge in [-0.3, -0.25) is 0 Å². The molecule has 34 heavy (non-hydrogen) atoms. The Morgan fingerprint density at radius 1 is 0.853 bits per heavy atom. The second-order valence-corrected chi connectivity index (χ2v) is 10.3. The van der Waals surface area contributed by atoms with Crippen LogP contribution in [0.25, 0.3) is 0 Å². The number of rotatable bonds is 3. The van der Waals surface area contributed by atoms with Crippen molar-refractivity contribution in [1.29, 1.82) is 0 Å². The summed E-state index contributed by atoms with van der Waals surface area (Å²) in [5.74, 6) is 0.516. The van der Waals surface area contributed by atoms with Crippen LogP contribution < -0.4 is 0 Å². The molecule has 1 aliphatic rings. The zero-order valence-corrected chi connectivity index (χ0v) is 23.1. The van der Waals surface area contributed by atoms with E-state index in [1.165, 1.54) is 68.9 Å². The molecule has 0 saturated carbocycles. The number of ether oxygens (including phenoxy) is 1. The first-order valence-corrected chi connectivity index (χ1v) is 13.8. The van der Waals surface area contributed by atoms with Gasteiger partial charge in [0.2, 0.25) is 0 Å². The first-order chi connectivity index (χ1) is 16.3. The first-order valence-electron chi connectivity index (χ1n) is 13.8. The lowest BCUT2D eigenvalue weighted by Crippen LogP contribution is -2.25. The van der Waals surface area contributed by atoms with Crippen molar-refractivity contribution in [3.8, 4) is 0 Å². The summed E-state index contributed by atoms with van der Waals surface area (Å²) in [6, 6.07) is 0. The fourth-order valence-electron chi connectivity index (χ4n) is 4.62. The molecule has 0 unspecified atom stereocenters. The Hall–Kier alpha value is -1.83. The predicted octanol–water partition coefficient (Wildman–Crippen LogP) is 9.84. The van der Waals surface area contributed by atoms with Gasteiger partial charge in [-0.05, 0) is 89.7 Å². The highest BCUT2D eigenvalue weighted by Gasteiger charge is 2.22. The molecule has 0 N–H and O–H groups in total. The van der Waals surface area contributed by atoms with Gasteiger partial charge in [-0.2, -0.15) is 0 Å². The van der Waals surface area contributed by atoms with Gasteiger partial charge in [0.05, 0.1) is 0 Å². The maximum atomic E-state index is 13.1. The number of carbonyl (C=O) groups is 1. The zero-order chi connectivity index (χ0) is 25.3. The molecular formula is C32H52O2. The number of esters is 1. The monoisotopic (exact) mass is 468 g/mol. The summed E-state index contributed by atoms with van der Waals surface area (Å²) >= 11 is 0. The predicted molar refractivity (Wildman–Crippen MR) is 149 cm³/mol. The highest BCUT2D eigenvalue weighted by molar-refractivity contribution is 5.89. The van der Waals surface area contributed by atoms with E-state index >= 15 is 0 Å². The van der Waals surface area contributed by atoms with Crippen LogP contribution in [-0.4, -0.2) is 12.1 Å². The summed E-state index contributed by atoms with van der Waals surface area (Å²) in [5.41, 5.74) is 4.41. The van der Waals surface area contributed by atoms with E-state index in [2.05, 4.69) is 59.4 Å². The Labute approximate surface area is 211 Å². The van der Waals surface area contributed by atoms with Crippen LogP contribution in [0.15, 0.2) is 59.3 Å². The molecule has 192 valence electrons. The van der Waals surface area contributed by atoms with Gasteiger partial charge in [-0.25, -0.2) is 4.79 Å². The van der Waals surface area contributed by atoms with Crippen molar-refractivity contribution in [2.45, 2.75) is 125 Å². The third kappa shape index (κ3) is 11.5. The summed E-state index contributed by atoms with van der Waals surface area (Å²) in [6.07, 6.45) is 25.1. The molecule has 0 aromatic carbocycles. The normalized spacial score (nSPS) is 24.9. The van der Waals surface area contributed by atoms with Gasteiger partial charge in [0.25, 0.3) is 0 Å². The molecule has 0 radical (unpaired) electrons. The molecule has 0 fully saturated rings. The van der Waals surface area contributed by atoms with Crippen LogP contribution in [0.2, 0.25) is 0 Å². The number of carbonyl (C=O) groups excluding carboxylic acids is 1. The van der Waals surface area contributed by atoms with E-state index in [-0.39, 0.29) is 18.0 Å². The van der Waals surface area contributed by atoms with Crippen molar-refractivity contribution in [2.24, 2.45) is 11.8 Å². The molecular weight excluding hydrogens is 416 g/mol. The van der Waals surface area contributed by atoms with E-state index in [1.54, 1.807) is 6.08 Å². The van der Waals surface area contributed by atoms with E-state index in [9.17, 15) is 4.79 Å². The Balaban J connectivity index is 3.05. The average molecular weight is 469 g/mol. The molecule has 0 aliphatic carbocycles. The summed E-state index contributed by atoms with van der Waals surface area (Å²) in [7, 11) is 0. The minimum Gasteiger partial charge on any atom is -0.458 e. The highest BCUT2D eigenvalue weighted by Crippen LogP contribution is 2.27. The smallest absolute Gasteiger partial charge is 0.334 e. The van der Waals surface area contributed by atoms with Gasteiger partial charge in [-0.1, -0.05) is 88.5 Å². The lowest BCUT2D eigenvalue weighted by atomic mass is 9.89. The van der Waals surface area contributed by atoms with Crippen LogP contribution in [0.4, 0.5) is 0 Å². The van der Waals surface area contributed by atoms with Crippen LogP contribution >= 0.6 is 0 Å². The first kappa shape index (κ1) is 30.2. The number of allylic oxidation sites excluding steroid dienone is 7. The van der Waals surface area contributed by atoms with Crippen molar-refractivity contribution in [3.63, 3.8) is 0 Å². The van der Waals surface area contributed by atoms with E-state index < -0.39 is 0 Å². The van der Waals surface area contributed by atoms with Gasteiger partial charge in [0.1, 0.15) is 6.10 Å². The topological polar surface area (TPSA) is 26.3 Å². The Morgan fingerprint density at radius 2 is 1.44 bits per heavy atom. The third-order valence-corrected chi connectivity index (χ3v) is 7.69. The van der Waals surface area contributed by atoms with E-state index in [4.69, 9.17) is 4.74 Å². The van der Waals surface area contributed by atoms with Gasteiger partial charge in [0, 0.05) is 11.5 Å². The number of hydrogen-bond acceptors (Lipinski definition) is 2. The highest BCUT2D eigenvalue weighted by atomic mass is 16.5. The molecule has 0 saturated heterocycles. The van der Waals surface area contributed by atoms with E-state index in [0.29, 0.717) is 5.92 Å². The number of cyclic esters (lactones) is 1. The van der Waals surface area contributed by atoms with Crippen LogP contribution in [0.1, 0.15) is 119 Å². The van der Waals surface area contributed by atoms with Crippen LogP contribution in [0, 0.1) is 11.8 Å².